The standard InChI is InChI=1S/C15H21NO2/c17-11-13-8-4-5-9-14(13)16-10-15(18)12-6-2-1-3-7-12/h1-3,6-7,13-14,16-17H,4-5,8-11H2/t13-,14-/m0/s1. The maximum absolute atomic E-state index is 12.0. The molecule has 0 bridgehead atoms. The number of benzene rings is 1. The number of ketones is 1. The molecule has 3 nitrogen and oxygen atoms in total. The average molecular weight is 247 g/mol. The molecule has 2 rings (SSSR count). The van der Waals surface area contributed by atoms with Crippen molar-refractivity contribution in [2.75, 3.05) is 13.2 Å². The first-order valence-corrected chi connectivity index (χ1v) is 6.73. The van der Waals surface area contributed by atoms with Crippen molar-refractivity contribution >= 4 is 5.78 Å². The lowest BCUT2D eigenvalue weighted by atomic mass is 9.85. The summed E-state index contributed by atoms with van der Waals surface area (Å²) in [6, 6.07) is 9.64. The van der Waals surface area contributed by atoms with Gasteiger partial charge in [0.15, 0.2) is 5.78 Å². The normalized spacial score (nSPS) is 23.8. The van der Waals surface area contributed by atoms with Crippen LogP contribution in [-0.2, 0) is 0 Å². The molecule has 0 aliphatic heterocycles. The van der Waals surface area contributed by atoms with Crippen molar-refractivity contribution in [1.29, 1.82) is 0 Å². The molecular weight excluding hydrogens is 226 g/mol. The van der Waals surface area contributed by atoms with Crippen molar-refractivity contribution in [3.63, 3.8) is 0 Å². The van der Waals surface area contributed by atoms with Crippen LogP contribution in [-0.4, -0.2) is 30.1 Å². The van der Waals surface area contributed by atoms with Crippen LogP contribution in [0.1, 0.15) is 36.0 Å². The highest BCUT2D eigenvalue weighted by Gasteiger charge is 2.24. The molecule has 0 radical (unpaired) electrons. The Morgan fingerprint density at radius 1 is 1.22 bits per heavy atom. The Bertz CT molecular complexity index is 377. The first kappa shape index (κ1) is 13.2. The van der Waals surface area contributed by atoms with E-state index < -0.39 is 0 Å². The number of aliphatic hydroxyl groups excluding tert-OH is 1. The van der Waals surface area contributed by atoms with Crippen LogP contribution in [0.2, 0.25) is 0 Å². The molecule has 1 saturated carbocycles. The maximum Gasteiger partial charge on any atom is 0.176 e. The van der Waals surface area contributed by atoms with Crippen molar-refractivity contribution in [2.24, 2.45) is 5.92 Å². The van der Waals surface area contributed by atoms with Gasteiger partial charge in [-0.05, 0) is 18.8 Å². The summed E-state index contributed by atoms with van der Waals surface area (Å²) in [5.41, 5.74) is 0.751. The van der Waals surface area contributed by atoms with Gasteiger partial charge in [0.25, 0.3) is 0 Å². The molecule has 1 aromatic carbocycles. The Labute approximate surface area is 108 Å². The van der Waals surface area contributed by atoms with Crippen LogP contribution in [0.3, 0.4) is 0 Å². The number of hydrogen-bond acceptors (Lipinski definition) is 3. The van der Waals surface area contributed by atoms with E-state index in [0.29, 0.717) is 12.5 Å². The fraction of sp³-hybridized carbons (Fsp3) is 0.533. The molecule has 3 heteroatoms. The molecule has 0 spiro atoms. The quantitative estimate of drug-likeness (QED) is 0.783. The third kappa shape index (κ3) is 3.40. The summed E-state index contributed by atoms with van der Waals surface area (Å²) in [4.78, 5) is 12.0. The van der Waals surface area contributed by atoms with E-state index in [2.05, 4.69) is 5.32 Å². The van der Waals surface area contributed by atoms with Crippen LogP contribution in [0.15, 0.2) is 30.3 Å². The second-order valence-electron chi connectivity index (χ2n) is 5.00. The number of Topliss-reactive ketones (excluding diaryl/α,β-unsaturated/α-hetero) is 1. The van der Waals surface area contributed by atoms with Crippen LogP contribution in [0.25, 0.3) is 0 Å². The minimum Gasteiger partial charge on any atom is -0.396 e. The molecule has 1 aromatic rings. The molecule has 2 atom stereocenters. The highest BCUT2D eigenvalue weighted by atomic mass is 16.3. The maximum atomic E-state index is 12.0. The predicted octanol–water partition coefficient (Wildman–Crippen LogP) is 2.01. The molecule has 1 aliphatic rings. The summed E-state index contributed by atoms with van der Waals surface area (Å²) in [5.74, 6) is 0.431. The third-order valence-corrected chi connectivity index (χ3v) is 3.76. The van der Waals surface area contributed by atoms with Gasteiger partial charge in [0.05, 0.1) is 6.54 Å². The van der Waals surface area contributed by atoms with E-state index >= 15 is 0 Å². The van der Waals surface area contributed by atoms with Gasteiger partial charge in [-0.2, -0.15) is 0 Å². The van der Waals surface area contributed by atoms with Crippen molar-refractivity contribution in [1.82, 2.24) is 5.32 Å². The van der Waals surface area contributed by atoms with Gasteiger partial charge in [-0.1, -0.05) is 43.2 Å². The van der Waals surface area contributed by atoms with Crippen LogP contribution in [0.4, 0.5) is 0 Å². The fourth-order valence-electron chi connectivity index (χ4n) is 2.64. The van der Waals surface area contributed by atoms with E-state index in [1.54, 1.807) is 0 Å². The van der Waals surface area contributed by atoms with Gasteiger partial charge in [-0.25, -0.2) is 0 Å². The highest BCUT2D eigenvalue weighted by molar-refractivity contribution is 5.97. The molecule has 0 unspecified atom stereocenters. The lowest BCUT2D eigenvalue weighted by Crippen LogP contribution is -2.42. The molecule has 0 saturated heterocycles. The SMILES string of the molecule is O=C(CN[C@H]1CCCC[C@H]1CO)c1ccccc1. The smallest absolute Gasteiger partial charge is 0.176 e. The second-order valence-corrected chi connectivity index (χ2v) is 5.00. The third-order valence-electron chi connectivity index (χ3n) is 3.76. The summed E-state index contributed by atoms with van der Waals surface area (Å²) in [7, 11) is 0. The molecule has 1 aliphatic carbocycles. The van der Waals surface area contributed by atoms with Gasteiger partial charge in [-0.3, -0.25) is 4.79 Å². The first-order valence-electron chi connectivity index (χ1n) is 6.73. The van der Waals surface area contributed by atoms with E-state index in [1.165, 1.54) is 12.8 Å². The van der Waals surface area contributed by atoms with E-state index in [0.717, 1.165) is 18.4 Å². The van der Waals surface area contributed by atoms with Crippen molar-refractivity contribution in [3.05, 3.63) is 35.9 Å². The molecule has 0 amide bonds. The molecule has 0 aromatic heterocycles. The molecule has 98 valence electrons. The predicted molar refractivity (Wildman–Crippen MR) is 71.6 cm³/mol. The largest absolute Gasteiger partial charge is 0.396 e. The molecule has 0 heterocycles. The Balaban J connectivity index is 1.85. The molecule has 1 fully saturated rings. The van der Waals surface area contributed by atoms with Crippen LogP contribution < -0.4 is 5.32 Å². The lowest BCUT2D eigenvalue weighted by Gasteiger charge is -2.30. The minimum atomic E-state index is 0.123. The Morgan fingerprint density at radius 2 is 1.94 bits per heavy atom. The van der Waals surface area contributed by atoms with E-state index in [4.69, 9.17) is 0 Å². The molecule has 2 N–H and O–H groups in total. The summed E-state index contributed by atoms with van der Waals surface area (Å²) < 4.78 is 0. The number of carbonyl (C=O) groups is 1. The summed E-state index contributed by atoms with van der Waals surface area (Å²) in [6.07, 6.45) is 4.50. The van der Waals surface area contributed by atoms with Gasteiger partial charge in [0, 0.05) is 18.2 Å². The minimum absolute atomic E-state index is 0.123. The zero-order valence-corrected chi connectivity index (χ0v) is 10.6. The van der Waals surface area contributed by atoms with Gasteiger partial charge < -0.3 is 10.4 Å². The van der Waals surface area contributed by atoms with Gasteiger partial charge >= 0.3 is 0 Å². The van der Waals surface area contributed by atoms with Crippen molar-refractivity contribution < 1.29 is 9.90 Å². The van der Waals surface area contributed by atoms with Crippen molar-refractivity contribution in [3.8, 4) is 0 Å². The van der Waals surface area contributed by atoms with E-state index in [9.17, 15) is 9.90 Å². The number of carbonyl (C=O) groups excluding carboxylic acids is 1. The number of rotatable bonds is 5. The summed E-state index contributed by atoms with van der Waals surface area (Å²) in [6.45, 7) is 0.586. The van der Waals surface area contributed by atoms with Gasteiger partial charge in [-0.15, -0.1) is 0 Å². The summed E-state index contributed by atoms with van der Waals surface area (Å²) >= 11 is 0. The Kier molecular flexibility index (Phi) is 4.90. The van der Waals surface area contributed by atoms with Gasteiger partial charge in [0.1, 0.15) is 0 Å². The van der Waals surface area contributed by atoms with E-state index in [1.807, 2.05) is 30.3 Å². The highest BCUT2D eigenvalue weighted by Crippen LogP contribution is 2.23. The van der Waals surface area contributed by atoms with Crippen LogP contribution in [0.5, 0.6) is 0 Å². The zero-order valence-electron chi connectivity index (χ0n) is 10.6. The average Bonchev–Trinajstić information content (AvgIpc) is 2.46. The number of aliphatic hydroxyl groups is 1. The summed E-state index contributed by atoms with van der Waals surface area (Å²) in [5, 5.41) is 12.6. The van der Waals surface area contributed by atoms with Gasteiger partial charge in [0.2, 0.25) is 0 Å². The number of nitrogens with one attached hydrogen (secondary N) is 1. The fourth-order valence-corrected chi connectivity index (χ4v) is 2.64. The van der Waals surface area contributed by atoms with Crippen LogP contribution in [0, 0.1) is 5.92 Å². The topological polar surface area (TPSA) is 49.3 Å². The lowest BCUT2D eigenvalue weighted by molar-refractivity contribution is 0.0966. The number of hydrogen-bond donors (Lipinski definition) is 2. The Hall–Kier alpha value is -1.19. The molecule has 18 heavy (non-hydrogen) atoms. The monoisotopic (exact) mass is 247 g/mol. The Morgan fingerprint density at radius 3 is 2.67 bits per heavy atom. The van der Waals surface area contributed by atoms with E-state index in [-0.39, 0.29) is 18.4 Å². The second kappa shape index (κ2) is 6.66. The zero-order chi connectivity index (χ0) is 12.8. The van der Waals surface area contributed by atoms with Crippen LogP contribution >= 0.6 is 0 Å². The first-order chi connectivity index (χ1) is 8.81. The van der Waals surface area contributed by atoms with Crippen molar-refractivity contribution in [2.45, 2.75) is 31.7 Å². The molecular formula is C15H21NO2.